The number of fused-ring (bicyclic) bond motifs is 1. The number of pyridine rings is 1. The molecule has 2 saturated heterocycles. The molecule has 0 bridgehead atoms. The summed E-state index contributed by atoms with van der Waals surface area (Å²) in [5.41, 5.74) is 8.11. The molecule has 2 aromatic heterocycles. The third-order valence-electron chi connectivity index (χ3n) is 7.32. The third kappa shape index (κ3) is 4.59. The van der Waals surface area contributed by atoms with E-state index in [1.807, 2.05) is 18.7 Å². The maximum atomic E-state index is 12.7. The smallest absolute Gasteiger partial charge is 0.325 e. The summed E-state index contributed by atoms with van der Waals surface area (Å²) in [5.74, 6) is 0.268. The number of nitrogens with one attached hydrogen (secondary N) is 2. The Bertz CT molecular complexity index is 1330. The molecule has 188 valence electrons. The molecule has 0 spiro atoms. The Labute approximate surface area is 211 Å². The van der Waals surface area contributed by atoms with Gasteiger partial charge in [0, 0.05) is 40.9 Å². The van der Waals surface area contributed by atoms with Crippen LogP contribution in [0.4, 0.5) is 4.79 Å². The van der Waals surface area contributed by atoms with Crippen molar-refractivity contribution >= 4 is 28.7 Å². The van der Waals surface area contributed by atoms with E-state index < -0.39 is 6.03 Å². The lowest BCUT2D eigenvalue weighted by atomic mass is 9.87. The monoisotopic (exact) mass is 487 g/mol. The average molecular weight is 488 g/mol. The van der Waals surface area contributed by atoms with Gasteiger partial charge in [0.15, 0.2) is 0 Å². The van der Waals surface area contributed by atoms with Crippen LogP contribution in [-0.2, 0) is 9.59 Å². The van der Waals surface area contributed by atoms with Gasteiger partial charge in [-0.2, -0.15) is 0 Å². The van der Waals surface area contributed by atoms with Crippen molar-refractivity contribution in [3.63, 3.8) is 0 Å². The molecule has 2 N–H and O–H groups in total. The molecule has 0 atom stereocenters. The highest BCUT2D eigenvalue weighted by Crippen LogP contribution is 2.38. The fraction of sp³-hybridized carbons (Fsp3) is 0.429. The maximum Gasteiger partial charge on any atom is 0.325 e. The van der Waals surface area contributed by atoms with E-state index in [0.717, 1.165) is 35.4 Å². The summed E-state index contributed by atoms with van der Waals surface area (Å²) in [4.78, 5) is 47.2. The highest BCUT2D eigenvalue weighted by molar-refractivity contribution is 6.03. The first kappa shape index (κ1) is 24.0. The van der Waals surface area contributed by atoms with E-state index in [-0.39, 0.29) is 24.9 Å². The van der Waals surface area contributed by atoms with E-state index >= 15 is 0 Å². The quantitative estimate of drug-likeness (QED) is 0.526. The molecule has 3 aromatic rings. The standard InChI is InChI=1S/C28H33N5O3/c1-16(2)26-22-13-20(5-6-23(22)30-27(26)21-11-17(3)29-18(4)12-21)19-7-9-32(10-8-19)25(35)15-33-14-24(34)31-28(33)36/h5-6,11-13,16,19,30H,7-10,14-15H2,1-4H3,(H,31,34,36). The minimum Gasteiger partial charge on any atom is -0.354 e. The number of nitrogens with zero attached hydrogens (tertiary/aromatic N) is 3. The summed E-state index contributed by atoms with van der Waals surface area (Å²) in [6.45, 7) is 9.73. The van der Waals surface area contributed by atoms with Crippen LogP contribution in [0.3, 0.4) is 0 Å². The molecule has 8 nitrogen and oxygen atoms in total. The lowest BCUT2D eigenvalue weighted by Gasteiger charge is -2.33. The van der Waals surface area contributed by atoms with Crippen LogP contribution < -0.4 is 5.32 Å². The Balaban J connectivity index is 1.34. The number of benzene rings is 1. The van der Waals surface area contributed by atoms with Gasteiger partial charge in [0.1, 0.15) is 13.1 Å². The lowest BCUT2D eigenvalue weighted by Crippen LogP contribution is -2.44. The molecular weight excluding hydrogens is 454 g/mol. The van der Waals surface area contributed by atoms with Gasteiger partial charge in [0.25, 0.3) is 0 Å². The van der Waals surface area contributed by atoms with Gasteiger partial charge in [-0.3, -0.25) is 19.9 Å². The second-order valence-corrected chi connectivity index (χ2v) is 10.4. The van der Waals surface area contributed by atoms with Gasteiger partial charge in [0.05, 0.1) is 5.69 Å². The van der Waals surface area contributed by atoms with Crippen LogP contribution in [-0.4, -0.2) is 63.8 Å². The van der Waals surface area contributed by atoms with Gasteiger partial charge in [-0.1, -0.05) is 19.9 Å². The predicted molar refractivity (Wildman–Crippen MR) is 139 cm³/mol. The largest absolute Gasteiger partial charge is 0.354 e. The van der Waals surface area contributed by atoms with Crippen LogP contribution in [0.2, 0.25) is 0 Å². The highest BCUT2D eigenvalue weighted by atomic mass is 16.2. The Kier molecular flexibility index (Phi) is 6.28. The fourth-order valence-corrected chi connectivity index (χ4v) is 5.63. The number of hydrogen-bond donors (Lipinski definition) is 2. The molecule has 0 saturated carbocycles. The van der Waals surface area contributed by atoms with E-state index in [4.69, 9.17) is 0 Å². The molecule has 1 aromatic carbocycles. The molecular formula is C28H33N5O3. The zero-order valence-electron chi connectivity index (χ0n) is 21.4. The van der Waals surface area contributed by atoms with Crippen molar-refractivity contribution in [2.75, 3.05) is 26.2 Å². The highest BCUT2D eigenvalue weighted by Gasteiger charge is 2.31. The molecule has 8 heteroatoms. The van der Waals surface area contributed by atoms with Gasteiger partial charge < -0.3 is 14.8 Å². The van der Waals surface area contributed by atoms with Crippen molar-refractivity contribution in [2.24, 2.45) is 0 Å². The number of hydrogen-bond acceptors (Lipinski definition) is 4. The average Bonchev–Trinajstić information content (AvgIpc) is 3.37. The third-order valence-corrected chi connectivity index (χ3v) is 7.32. The summed E-state index contributed by atoms with van der Waals surface area (Å²) >= 11 is 0. The number of carbonyl (C=O) groups excluding carboxylic acids is 3. The van der Waals surface area contributed by atoms with Gasteiger partial charge >= 0.3 is 6.03 Å². The molecule has 4 amide bonds. The molecule has 2 fully saturated rings. The second kappa shape index (κ2) is 9.41. The number of aromatic nitrogens is 2. The van der Waals surface area contributed by atoms with Crippen molar-refractivity contribution in [3.8, 4) is 11.3 Å². The summed E-state index contributed by atoms with van der Waals surface area (Å²) in [7, 11) is 0. The zero-order valence-corrected chi connectivity index (χ0v) is 21.4. The molecule has 2 aliphatic rings. The zero-order chi connectivity index (χ0) is 25.6. The SMILES string of the molecule is Cc1cc(-c2[nH]c3ccc(C4CCN(C(=O)CN5CC(=O)NC5=O)CC4)cc3c2C(C)C)cc(C)n1. The van der Waals surface area contributed by atoms with Gasteiger partial charge in [-0.25, -0.2) is 4.79 Å². The number of urea groups is 1. The number of aromatic amines is 1. The molecule has 0 aliphatic carbocycles. The van der Waals surface area contributed by atoms with Crippen LogP contribution >= 0.6 is 0 Å². The minimum atomic E-state index is -0.486. The molecule has 0 radical (unpaired) electrons. The Morgan fingerprint density at radius 2 is 1.78 bits per heavy atom. The number of imide groups is 1. The number of aryl methyl sites for hydroxylation is 2. The lowest BCUT2D eigenvalue weighted by molar-refractivity contribution is -0.132. The fourth-order valence-electron chi connectivity index (χ4n) is 5.63. The molecule has 36 heavy (non-hydrogen) atoms. The number of piperidine rings is 1. The number of amides is 4. The van der Waals surface area contributed by atoms with Crippen molar-refractivity contribution in [2.45, 2.75) is 52.4 Å². The van der Waals surface area contributed by atoms with Gasteiger partial charge in [0.2, 0.25) is 11.8 Å². The predicted octanol–water partition coefficient (Wildman–Crippen LogP) is 4.23. The second-order valence-electron chi connectivity index (χ2n) is 10.4. The van der Waals surface area contributed by atoms with Crippen LogP contribution in [0.1, 0.15) is 61.0 Å². The number of carbonyl (C=O) groups is 3. The van der Waals surface area contributed by atoms with Gasteiger partial charge in [-0.05, 0) is 73.9 Å². The Hall–Kier alpha value is -3.68. The number of rotatable bonds is 5. The first-order chi connectivity index (χ1) is 17.2. The first-order valence-corrected chi connectivity index (χ1v) is 12.7. The van der Waals surface area contributed by atoms with E-state index in [0.29, 0.717) is 24.9 Å². The molecule has 4 heterocycles. The maximum absolute atomic E-state index is 12.7. The topological polar surface area (TPSA) is 98.4 Å². The van der Waals surface area contributed by atoms with E-state index in [1.54, 1.807) is 0 Å². The summed E-state index contributed by atoms with van der Waals surface area (Å²) < 4.78 is 0. The van der Waals surface area contributed by atoms with Gasteiger partial charge in [-0.15, -0.1) is 0 Å². The minimum absolute atomic E-state index is 0.0451. The van der Waals surface area contributed by atoms with Crippen LogP contribution in [0.25, 0.3) is 22.2 Å². The Morgan fingerprint density at radius 1 is 1.08 bits per heavy atom. The first-order valence-electron chi connectivity index (χ1n) is 12.7. The summed E-state index contributed by atoms with van der Waals surface area (Å²) in [6.07, 6.45) is 1.75. The van der Waals surface area contributed by atoms with Crippen LogP contribution in [0, 0.1) is 13.8 Å². The van der Waals surface area contributed by atoms with Crippen molar-refractivity contribution < 1.29 is 14.4 Å². The molecule has 0 unspecified atom stereocenters. The molecule has 5 rings (SSSR count). The van der Waals surface area contributed by atoms with Crippen LogP contribution in [0.5, 0.6) is 0 Å². The van der Waals surface area contributed by atoms with E-state index in [9.17, 15) is 14.4 Å². The molecule has 2 aliphatic heterocycles. The normalized spacial score (nSPS) is 16.9. The summed E-state index contributed by atoms with van der Waals surface area (Å²) in [6, 6.07) is 10.5. The van der Waals surface area contributed by atoms with Crippen molar-refractivity contribution in [1.82, 2.24) is 25.1 Å². The van der Waals surface area contributed by atoms with E-state index in [1.165, 1.54) is 27.0 Å². The van der Waals surface area contributed by atoms with E-state index in [2.05, 4.69) is 59.5 Å². The number of likely N-dealkylation sites (tertiary alicyclic amines) is 1. The van der Waals surface area contributed by atoms with Crippen molar-refractivity contribution in [1.29, 1.82) is 0 Å². The number of H-pyrrole nitrogens is 1. The van der Waals surface area contributed by atoms with Crippen molar-refractivity contribution in [3.05, 3.63) is 52.8 Å². The summed E-state index contributed by atoms with van der Waals surface area (Å²) in [5, 5.41) is 3.48. The van der Waals surface area contributed by atoms with Crippen LogP contribution in [0.15, 0.2) is 30.3 Å². The Morgan fingerprint density at radius 3 is 2.39 bits per heavy atom.